The molecule has 0 saturated carbocycles. The normalized spacial score (nSPS) is 11.5. The van der Waals surface area contributed by atoms with E-state index < -0.39 is 0 Å². The molecule has 1 unspecified atom stereocenters. The lowest BCUT2D eigenvalue weighted by atomic mass is 10.1. The molecule has 4 nitrogen and oxygen atoms in total. The highest BCUT2D eigenvalue weighted by Gasteiger charge is 2.06. The van der Waals surface area contributed by atoms with Crippen LogP contribution in [0.5, 0.6) is 0 Å². The van der Waals surface area contributed by atoms with Crippen LogP contribution in [-0.4, -0.2) is 10.9 Å². The van der Waals surface area contributed by atoms with Crippen LogP contribution in [0, 0.1) is 17.2 Å². The number of nitriles is 1. The van der Waals surface area contributed by atoms with E-state index in [1.54, 1.807) is 19.3 Å². The predicted molar refractivity (Wildman–Crippen MR) is 55.5 cm³/mol. The van der Waals surface area contributed by atoms with Crippen molar-refractivity contribution in [2.24, 2.45) is 5.92 Å². The van der Waals surface area contributed by atoms with Crippen molar-refractivity contribution >= 4 is 5.91 Å². The Morgan fingerprint density at radius 1 is 1.60 bits per heavy atom. The van der Waals surface area contributed by atoms with Crippen LogP contribution >= 0.6 is 0 Å². The standard InChI is InChI=1S/C11H13N3O/c1-9(7-12)6-11(15)14-8-10-2-4-13-5-3-10/h2-5,9H,6,8H2,1H3,(H,14,15). The van der Waals surface area contributed by atoms with E-state index in [2.05, 4.69) is 10.3 Å². The molecule has 1 atom stereocenters. The highest BCUT2D eigenvalue weighted by Crippen LogP contribution is 2.00. The molecule has 1 aromatic heterocycles. The maximum Gasteiger partial charge on any atom is 0.221 e. The molecular formula is C11H13N3O. The number of aromatic nitrogens is 1. The van der Waals surface area contributed by atoms with Gasteiger partial charge in [0.2, 0.25) is 5.91 Å². The van der Waals surface area contributed by atoms with Crippen LogP contribution in [0.1, 0.15) is 18.9 Å². The summed E-state index contributed by atoms with van der Waals surface area (Å²) in [7, 11) is 0. The molecule has 1 aromatic rings. The average molecular weight is 203 g/mol. The zero-order chi connectivity index (χ0) is 11.1. The quantitative estimate of drug-likeness (QED) is 0.800. The van der Waals surface area contributed by atoms with E-state index in [0.717, 1.165) is 5.56 Å². The zero-order valence-electron chi connectivity index (χ0n) is 8.60. The highest BCUT2D eigenvalue weighted by atomic mass is 16.1. The summed E-state index contributed by atoms with van der Waals surface area (Å²) in [5, 5.41) is 11.3. The van der Waals surface area contributed by atoms with Gasteiger partial charge in [0.25, 0.3) is 0 Å². The van der Waals surface area contributed by atoms with Crippen LogP contribution in [-0.2, 0) is 11.3 Å². The van der Waals surface area contributed by atoms with Crippen molar-refractivity contribution in [1.82, 2.24) is 10.3 Å². The molecule has 0 spiro atoms. The van der Waals surface area contributed by atoms with Crippen molar-refractivity contribution in [3.05, 3.63) is 30.1 Å². The van der Waals surface area contributed by atoms with E-state index in [1.807, 2.05) is 18.2 Å². The third-order valence-electron chi connectivity index (χ3n) is 1.95. The van der Waals surface area contributed by atoms with Gasteiger partial charge in [0.15, 0.2) is 0 Å². The summed E-state index contributed by atoms with van der Waals surface area (Å²) in [6.45, 7) is 2.21. The number of pyridine rings is 1. The Labute approximate surface area is 88.9 Å². The Bertz CT molecular complexity index is 356. The molecule has 0 aliphatic heterocycles. The smallest absolute Gasteiger partial charge is 0.221 e. The van der Waals surface area contributed by atoms with Gasteiger partial charge in [-0.1, -0.05) is 0 Å². The topological polar surface area (TPSA) is 65.8 Å². The van der Waals surface area contributed by atoms with E-state index >= 15 is 0 Å². The number of amides is 1. The summed E-state index contributed by atoms with van der Waals surface area (Å²) in [4.78, 5) is 15.2. The third kappa shape index (κ3) is 4.23. The fourth-order valence-electron chi connectivity index (χ4n) is 1.10. The van der Waals surface area contributed by atoms with Crippen LogP contribution in [0.4, 0.5) is 0 Å². The number of nitrogens with zero attached hydrogens (tertiary/aromatic N) is 2. The number of rotatable bonds is 4. The number of carbonyl (C=O) groups is 1. The van der Waals surface area contributed by atoms with Crippen LogP contribution in [0.25, 0.3) is 0 Å². The summed E-state index contributed by atoms with van der Waals surface area (Å²) in [5.41, 5.74) is 1.00. The highest BCUT2D eigenvalue weighted by molar-refractivity contribution is 5.76. The van der Waals surface area contributed by atoms with Gasteiger partial charge in [0.05, 0.1) is 12.0 Å². The average Bonchev–Trinajstić information content (AvgIpc) is 2.27. The summed E-state index contributed by atoms with van der Waals surface area (Å²) in [6, 6.07) is 5.71. The summed E-state index contributed by atoms with van der Waals surface area (Å²) in [5.74, 6) is -0.330. The maximum absolute atomic E-state index is 11.3. The molecule has 1 N–H and O–H groups in total. The Balaban J connectivity index is 2.32. The summed E-state index contributed by atoms with van der Waals surface area (Å²) < 4.78 is 0. The monoisotopic (exact) mass is 203 g/mol. The molecule has 1 amide bonds. The van der Waals surface area contributed by atoms with Crippen molar-refractivity contribution in [2.45, 2.75) is 19.9 Å². The lowest BCUT2D eigenvalue weighted by Crippen LogP contribution is -2.24. The third-order valence-corrected chi connectivity index (χ3v) is 1.95. The molecule has 0 aromatic carbocycles. The van der Waals surface area contributed by atoms with Crippen molar-refractivity contribution < 1.29 is 4.79 Å². The van der Waals surface area contributed by atoms with Gasteiger partial charge in [0.1, 0.15) is 0 Å². The fourth-order valence-corrected chi connectivity index (χ4v) is 1.10. The first kappa shape index (κ1) is 11.2. The molecule has 15 heavy (non-hydrogen) atoms. The van der Waals surface area contributed by atoms with Crippen molar-refractivity contribution in [2.75, 3.05) is 0 Å². The van der Waals surface area contributed by atoms with Crippen molar-refractivity contribution in [1.29, 1.82) is 5.26 Å². The summed E-state index contributed by atoms with van der Waals surface area (Å²) >= 11 is 0. The Hall–Kier alpha value is -1.89. The van der Waals surface area contributed by atoms with Gasteiger partial charge in [-0.15, -0.1) is 0 Å². The van der Waals surface area contributed by atoms with E-state index in [-0.39, 0.29) is 18.2 Å². The molecule has 0 bridgehead atoms. The molecule has 0 fully saturated rings. The van der Waals surface area contributed by atoms with Gasteiger partial charge in [0, 0.05) is 25.4 Å². The molecule has 0 aliphatic rings. The molecule has 78 valence electrons. The number of carbonyl (C=O) groups excluding carboxylic acids is 1. The molecule has 1 heterocycles. The zero-order valence-corrected chi connectivity index (χ0v) is 8.60. The van der Waals surface area contributed by atoms with Gasteiger partial charge in [-0.25, -0.2) is 0 Å². The second kappa shape index (κ2) is 5.76. The van der Waals surface area contributed by atoms with E-state index in [1.165, 1.54) is 0 Å². The van der Waals surface area contributed by atoms with Crippen LogP contribution in [0.3, 0.4) is 0 Å². The Morgan fingerprint density at radius 3 is 2.87 bits per heavy atom. The minimum absolute atomic E-state index is 0.0964. The molecule has 0 saturated heterocycles. The Kier molecular flexibility index (Phi) is 4.30. The van der Waals surface area contributed by atoms with Crippen LogP contribution in [0.15, 0.2) is 24.5 Å². The molecule has 1 rings (SSSR count). The van der Waals surface area contributed by atoms with Gasteiger partial charge in [-0.05, 0) is 24.6 Å². The molecule has 4 heteroatoms. The first-order valence-corrected chi connectivity index (χ1v) is 4.77. The van der Waals surface area contributed by atoms with Crippen LogP contribution < -0.4 is 5.32 Å². The lowest BCUT2D eigenvalue weighted by molar-refractivity contribution is -0.121. The lowest BCUT2D eigenvalue weighted by Gasteiger charge is -2.05. The minimum atomic E-state index is -0.234. The minimum Gasteiger partial charge on any atom is -0.352 e. The molecular weight excluding hydrogens is 190 g/mol. The van der Waals surface area contributed by atoms with Gasteiger partial charge in [-0.2, -0.15) is 5.26 Å². The number of hydrogen-bond donors (Lipinski definition) is 1. The maximum atomic E-state index is 11.3. The first-order valence-electron chi connectivity index (χ1n) is 4.77. The SMILES string of the molecule is CC(C#N)CC(=O)NCc1ccncc1. The second-order valence-electron chi connectivity index (χ2n) is 3.37. The summed E-state index contributed by atoms with van der Waals surface area (Å²) in [6.07, 6.45) is 3.61. The predicted octanol–water partition coefficient (Wildman–Crippen LogP) is 1.25. The van der Waals surface area contributed by atoms with E-state index in [9.17, 15) is 4.79 Å². The van der Waals surface area contributed by atoms with Crippen molar-refractivity contribution in [3.8, 4) is 6.07 Å². The number of hydrogen-bond acceptors (Lipinski definition) is 3. The van der Waals surface area contributed by atoms with Gasteiger partial charge >= 0.3 is 0 Å². The fraction of sp³-hybridized carbons (Fsp3) is 0.364. The van der Waals surface area contributed by atoms with Gasteiger partial charge in [-0.3, -0.25) is 9.78 Å². The molecule has 0 radical (unpaired) electrons. The van der Waals surface area contributed by atoms with Gasteiger partial charge < -0.3 is 5.32 Å². The number of nitrogens with one attached hydrogen (secondary N) is 1. The van der Waals surface area contributed by atoms with Crippen LogP contribution in [0.2, 0.25) is 0 Å². The largest absolute Gasteiger partial charge is 0.352 e. The Morgan fingerprint density at radius 2 is 2.27 bits per heavy atom. The molecule has 0 aliphatic carbocycles. The van der Waals surface area contributed by atoms with E-state index in [0.29, 0.717) is 6.54 Å². The van der Waals surface area contributed by atoms with Crippen molar-refractivity contribution in [3.63, 3.8) is 0 Å². The second-order valence-corrected chi connectivity index (χ2v) is 3.37. The first-order chi connectivity index (χ1) is 7.22. The van der Waals surface area contributed by atoms with E-state index in [4.69, 9.17) is 5.26 Å².